The van der Waals surface area contributed by atoms with E-state index in [1.54, 1.807) is 12.1 Å². The van der Waals surface area contributed by atoms with E-state index >= 15 is 0 Å². The summed E-state index contributed by atoms with van der Waals surface area (Å²) in [6.45, 7) is 0. The minimum Gasteiger partial charge on any atom is -0.294 e. The van der Waals surface area contributed by atoms with Crippen molar-refractivity contribution in [3.05, 3.63) is 68.2 Å². The molecule has 0 aliphatic rings. The summed E-state index contributed by atoms with van der Waals surface area (Å²) in [5.74, 6) is -2.65. The summed E-state index contributed by atoms with van der Waals surface area (Å²) in [5.41, 5.74) is 0.529. The van der Waals surface area contributed by atoms with E-state index in [4.69, 9.17) is 34.8 Å². The molecule has 0 saturated carbocycles. The van der Waals surface area contributed by atoms with E-state index < -0.39 is 17.4 Å². The van der Waals surface area contributed by atoms with Gasteiger partial charge in [-0.25, -0.2) is 8.78 Å². The van der Waals surface area contributed by atoms with Crippen LogP contribution in [0.3, 0.4) is 0 Å². The summed E-state index contributed by atoms with van der Waals surface area (Å²) < 4.78 is 26.1. The van der Waals surface area contributed by atoms with Crippen molar-refractivity contribution in [2.75, 3.05) is 0 Å². The van der Waals surface area contributed by atoms with E-state index in [-0.39, 0.29) is 17.0 Å². The normalized spacial score (nSPS) is 10.7. The van der Waals surface area contributed by atoms with E-state index in [0.717, 1.165) is 12.1 Å². The molecular formula is C14H7Cl3F2O. The Morgan fingerprint density at radius 2 is 1.55 bits per heavy atom. The number of ketones is 1. The molecule has 0 aliphatic heterocycles. The van der Waals surface area contributed by atoms with Gasteiger partial charge in [-0.1, -0.05) is 40.9 Å². The van der Waals surface area contributed by atoms with Gasteiger partial charge in [0, 0.05) is 12.0 Å². The van der Waals surface area contributed by atoms with Crippen molar-refractivity contribution in [1.29, 1.82) is 0 Å². The van der Waals surface area contributed by atoms with Crippen molar-refractivity contribution in [2.24, 2.45) is 0 Å². The van der Waals surface area contributed by atoms with Crippen LogP contribution in [0.25, 0.3) is 0 Å². The lowest BCUT2D eigenvalue weighted by molar-refractivity contribution is 0.0992. The Labute approximate surface area is 129 Å². The van der Waals surface area contributed by atoms with E-state index in [1.165, 1.54) is 6.07 Å². The molecule has 0 spiro atoms. The molecule has 6 heteroatoms. The van der Waals surface area contributed by atoms with Crippen LogP contribution in [-0.2, 0) is 6.42 Å². The van der Waals surface area contributed by atoms with Gasteiger partial charge in [0.1, 0.15) is 0 Å². The quantitative estimate of drug-likeness (QED) is 0.546. The molecule has 104 valence electrons. The molecule has 2 aromatic rings. The molecule has 0 N–H and O–H groups in total. The minimum absolute atomic E-state index is 0.0400. The molecule has 1 nitrogen and oxygen atoms in total. The molecule has 0 aromatic heterocycles. The zero-order valence-corrected chi connectivity index (χ0v) is 12.2. The van der Waals surface area contributed by atoms with Gasteiger partial charge in [0.2, 0.25) is 0 Å². The van der Waals surface area contributed by atoms with Crippen LogP contribution >= 0.6 is 34.8 Å². The van der Waals surface area contributed by atoms with Crippen LogP contribution < -0.4 is 0 Å². The van der Waals surface area contributed by atoms with Crippen LogP contribution in [0.15, 0.2) is 30.3 Å². The predicted octanol–water partition coefficient (Wildman–Crippen LogP) is 5.35. The molecule has 0 aliphatic carbocycles. The van der Waals surface area contributed by atoms with E-state index in [0.29, 0.717) is 15.6 Å². The van der Waals surface area contributed by atoms with Crippen molar-refractivity contribution in [2.45, 2.75) is 6.42 Å². The molecule has 0 radical (unpaired) electrons. The highest BCUT2D eigenvalue weighted by atomic mass is 35.5. The first kappa shape index (κ1) is 15.2. The Hall–Kier alpha value is -1.16. The summed E-state index contributed by atoms with van der Waals surface area (Å²) in [6, 6.07) is 6.28. The molecule has 2 aromatic carbocycles. The monoisotopic (exact) mass is 334 g/mol. The van der Waals surface area contributed by atoms with Crippen molar-refractivity contribution in [1.82, 2.24) is 0 Å². The third-order valence-corrected chi connectivity index (χ3v) is 3.71. The van der Waals surface area contributed by atoms with Crippen molar-refractivity contribution >= 4 is 40.6 Å². The van der Waals surface area contributed by atoms with Gasteiger partial charge in [-0.2, -0.15) is 0 Å². The number of hydrogen-bond donors (Lipinski definition) is 0. The molecule has 0 fully saturated rings. The third-order valence-electron chi connectivity index (χ3n) is 2.66. The summed E-state index contributed by atoms with van der Waals surface area (Å²) in [6.07, 6.45) is -0.0400. The first-order valence-corrected chi connectivity index (χ1v) is 6.63. The first-order valence-electron chi connectivity index (χ1n) is 5.50. The zero-order valence-electron chi connectivity index (χ0n) is 9.89. The Bertz CT molecular complexity index is 686. The fourth-order valence-corrected chi connectivity index (χ4v) is 2.24. The summed E-state index contributed by atoms with van der Waals surface area (Å²) >= 11 is 17.4. The van der Waals surface area contributed by atoms with Gasteiger partial charge in [-0.15, -0.1) is 0 Å². The largest absolute Gasteiger partial charge is 0.294 e. The van der Waals surface area contributed by atoms with Crippen LogP contribution in [0.1, 0.15) is 15.9 Å². The average molecular weight is 336 g/mol. The number of carbonyl (C=O) groups excluding carboxylic acids is 1. The smallest absolute Gasteiger partial charge is 0.168 e. The number of carbonyl (C=O) groups is 1. The Morgan fingerprint density at radius 1 is 0.900 bits per heavy atom. The maximum absolute atomic E-state index is 13.2. The van der Waals surface area contributed by atoms with Crippen LogP contribution in [0.2, 0.25) is 15.1 Å². The fourth-order valence-electron chi connectivity index (χ4n) is 1.67. The molecule has 0 bridgehead atoms. The number of Topliss-reactive ketones (excluding diaryl/α,β-unsaturated/α-hetero) is 1. The van der Waals surface area contributed by atoms with Crippen molar-refractivity contribution < 1.29 is 13.6 Å². The number of rotatable bonds is 3. The third kappa shape index (κ3) is 3.29. The topological polar surface area (TPSA) is 17.1 Å². The number of halogens is 5. The zero-order chi connectivity index (χ0) is 14.9. The fraction of sp³-hybridized carbons (Fsp3) is 0.0714. The predicted molar refractivity (Wildman–Crippen MR) is 75.9 cm³/mol. The Morgan fingerprint density at radius 3 is 2.20 bits per heavy atom. The second-order valence-corrected chi connectivity index (χ2v) is 5.32. The van der Waals surface area contributed by atoms with E-state index in [1.807, 2.05) is 0 Å². The van der Waals surface area contributed by atoms with Crippen molar-refractivity contribution in [3.63, 3.8) is 0 Å². The number of hydrogen-bond acceptors (Lipinski definition) is 1. The van der Waals surface area contributed by atoms with Crippen LogP contribution in [-0.4, -0.2) is 5.78 Å². The lowest BCUT2D eigenvalue weighted by Gasteiger charge is -2.06. The summed E-state index contributed by atoms with van der Waals surface area (Å²) in [4.78, 5) is 12.0. The summed E-state index contributed by atoms with van der Waals surface area (Å²) in [5, 5.41) is 0.552. The SMILES string of the molecule is O=C(Cc1ccc(Cl)c(Cl)c1)c1cc(F)c(F)cc1Cl. The second kappa shape index (κ2) is 6.08. The van der Waals surface area contributed by atoms with Gasteiger partial charge < -0.3 is 0 Å². The average Bonchev–Trinajstić information content (AvgIpc) is 2.38. The van der Waals surface area contributed by atoms with Gasteiger partial charge in [0.25, 0.3) is 0 Å². The standard InChI is InChI=1S/C14H7Cl3F2O/c15-9-2-1-7(3-11(9)17)4-14(20)8-5-12(18)13(19)6-10(8)16/h1-3,5-6H,4H2. The highest BCUT2D eigenvalue weighted by Crippen LogP contribution is 2.25. The van der Waals surface area contributed by atoms with E-state index in [2.05, 4.69) is 0 Å². The summed E-state index contributed by atoms with van der Waals surface area (Å²) in [7, 11) is 0. The minimum atomic E-state index is -1.12. The maximum atomic E-state index is 13.2. The van der Waals surface area contributed by atoms with Gasteiger partial charge >= 0.3 is 0 Å². The second-order valence-electron chi connectivity index (χ2n) is 4.09. The highest BCUT2D eigenvalue weighted by molar-refractivity contribution is 6.42. The van der Waals surface area contributed by atoms with E-state index in [9.17, 15) is 13.6 Å². The molecule has 20 heavy (non-hydrogen) atoms. The highest BCUT2D eigenvalue weighted by Gasteiger charge is 2.15. The van der Waals surface area contributed by atoms with Crippen molar-refractivity contribution in [3.8, 4) is 0 Å². The van der Waals surface area contributed by atoms with Crippen LogP contribution in [0, 0.1) is 11.6 Å². The molecule has 2 rings (SSSR count). The molecule has 0 saturated heterocycles. The van der Waals surface area contributed by atoms with Crippen LogP contribution in [0.4, 0.5) is 8.78 Å². The lowest BCUT2D eigenvalue weighted by atomic mass is 10.0. The molecule has 0 unspecified atom stereocenters. The Kier molecular flexibility index (Phi) is 4.63. The van der Waals surface area contributed by atoms with Gasteiger partial charge in [-0.05, 0) is 29.8 Å². The van der Waals surface area contributed by atoms with Gasteiger partial charge in [-0.3, -0.25) is 4.79 Å². The molecular weight excluding hydrogens is 329 g/mol. The van der Waals surface area contributed by atoms with Gasteiger partial charge in [0.15, 0.2) is 17.4 Å². The Balaban J connectivity index is 2.28. The first-order chi connectivity index (χ1) is 9.38. The number of benzene rings is 2. The molecule has 0 atom stereocenters. The van der Waals surface area contributed by atoms with Crippen LogP contribution in [0.5, 0.6) is 0 Å². The molecule has 0 heterocycles. The van der Waals surface area contributed by atoms with Gasteiger partial charge in [0.05, 0.1) is 15.1 Å². The molecule has 0 amide bonds. The lowest BCUT2D eigenvalue weighted by Crippen LogP contribution is -2.06. The maximum Gasteiger partial charge on any atom is 0.168 e.